The number of nitrogens with zero attached hydrogens (tertiary/aromatic N) is 2. The van der Waals surface area contributed by atoms with Crippen molar-refractivity contribution in [3.8, 4) is 0 Å². The molecule has 0 amide bonds. The first-order valence-corrected chi connectivity index (χ1v) is 3.32. The van der Waals surface area contributed by atoms with Gasteiger partial charge in [0.25, 0.3) is 0 Å². The van der Waals surface area contributed by atoms with E-state index >= 15 is 0 Å². The molecule has 1 aliphatic heterocycles. The lowest BCUT2D eigenvalue weighted by molar-refractivity contribution is 0.601. The van der Waals surface area contributed by atoms with E-state index < -0.39 is 0 Å². The smallest absolute Gasteiger partial charge is 0.0865 e. The predicted octanol–water partition coefficient (Wildman–Crippen LogP) is 1.17. The Hall–Kier alpha value is -0.660. The van der Waals surface area contributed by atoms with Crippen molar-refractivity contribution < 1.29 is 0 Å². The standard InChI is InChI=1S/C7H12N2/c1-6(2)7-5-8-3-4-9-7/h4-7H,3H2,1-2H3. The molecule has 0 saturated heterocycles. The minimum absolute atomic E-state index is 0.332. The van der Waals surface area contributed by atoms with Gasteiger partial charge in [0, 0.05) is 12.4 Å². The Morgan fingerprint density at radius 2 is 2.33 bits per heavy atom. The highest BCUT2D eigenvalue weighted by atomic mass is 14.9. The third-order valence-electron chi connectivity index (χ3n) is 1.41. The van der Waals surface area contributed by atoms with E-state index in [1.807, 2.05) is 12.4 Å². The molecule has 0 N–H and O–H groups in total. The highest BCUT2D eigenvalue weighted by molar-refractivity contribution is 5.75. The summed E-state index contributed by atoms with van der Waals surface area (Å²) in [5, 5.41) is 0. The Bertz CT molecular complexity index is 124. The van der Waals surface area contributed by atoms with Crippen molar-refractivity contribution in [3.63, 3.8) is 0 Å². The molecule has 1 rings (SSSR count). The Balaban J connectivity index is 2.49. The lowest BCUT2D eigenvalue weighted by Crippen LogP contribution is -2.17. The van der Waals surface area contributed by atoms with Crippen LogP contribution in [-0.2, 0) is 0 Å². The van der Waals surface area contributed by atoms with Crippen LogP contribution in [-0.4, -0.2) is 25.0 Å². The lowest BCUT2D eigenvalue weighted by atomic mass is 10.1. The summed E-state index contributed by atoms with van der Waals surface area (Å²) in [6.07, 6.45) is 3.81. The maximum Gasteiger partial charge on any atom is 0.0865 e. The zero-order chi connectivity index (χ0) is 6.69. The van der Waals surface area contributed by atoms with Crippen LogP contribution in [0, 0.1) is 5.92 Å². The van der Waals surface area contributed by atoms with Crippen molar-refractivity contribution in [2.24, 2.45) is 15.9 Å². The Kier molecular flexibility index (Phi) is 1.98. The van der Waals surface area contributed by atoms with Crippen LogP contribution in [0.4, 0.5) is 0 Å². The summed E-state index contributed by atoms with van der Waals surface area (Å²) in [7, 11) is 0. The zero-order valence-electron chi connectivity index (χ0n) is 5.91. The van der Waals surface area contributed by atoms with Gasteiger partial charge in [-0.1, -0.05) is 13.8 Å². The van der Waals surface area contributed by atoms with Gasteiger partial charge in [-0.15, -0.1) is 0 Å². The molecule has 0 aromatic carbocycles. The van der Waals surface area contributed by atoms with E-state index in [-0.39, 0.29) is 0 Å². The van der Waals surface area contributed by atoms with Crippen molar-refractivity contribution in [1.82, 2.24) is 0 Å². The maximum absolute atomic E-state index is 4.25. The van der Waals surface area contributed by atoms with E-state index in [0.717, 1.165) is 6.54 Å². The fraction of sp³-hybridized carbons (Fsp3) is 0.714. The van der Waals surface area contributed by atoms with Gasteiger partial charge in [-0.3, -0.25) is 9.98 Å². The average molecular weight is 124 g/mol. The largest absolute Gasteiger partial charge is 0.290 e. The van der Waals surface area contributed by atoms with Crippen molar-refractivity contribution in [2.45, 2.75) is 19.9 Å². The van der Waals surface area contributed by atoms with Crippen molar-refractivity contribution in [2.75, 3.05) is 6.54 Å². The molecular weight excluding hydrogens is 112 g/mol. The van der Waals surface area contributed by atoms with Gasteiger partial charge in [-0.25, -0.2) is 0 Å². The van der Waals surface area contributed by atoms with Gasteiger partial charge in [0.05, 0.1) is 12.6 Å². The van der Waals surface area contributed by atoms with Gasteiger partial charge < -0.3 is 0 Å². The molecule has 1 heterocycles. The third kappa shape index (κ3) is 1.63. The van der Waals surface area contributed by atoms with Gasteiger partial charge >= 0.3 is 0 Å². The molecule has 50 valence electrons. The monoisotopic (exact) mass is 124 g/mol. The molecule has 0 bridgehead atoms. The highest BCUT2D eigenvalue weighted by Crippen LogP contribution is 2.04. The minimum Gasteiger partial charge on any atom is -0.290 e. The summed E-state index contributed by atoms with van der Waals surface area (Å²) in [6, 6.07) is 0.332. The molecule has 0 aliphatic carbocycles. The molecular formula is C7H12N2. The summed E-state index contributed by atoms with van der Waals surface area (Å²) < 4.78 is 0. The van der Waals surface area contributed by atoms with Crippen LogP contribution in [0.15, 0.2) is 9.98 Å². The second-order valence-corrected chi connectivity index (χ2v) is 2.58. The molecule has 0 aromatic rings. The molecule has 9 heavy (non-hydrogen) atoms. The molecule has 1 unspecified atom stereocenters. The molecule has 0 fully saturated rings. The summed E-state index contributed by atoms with van der Waals surface area (Å²) in [5.74, 6) is 0.588. The molecule has 0 radical (unpaired) electrons. The maximum atomic E-state index is 4.25. The lowest BCUT2D eigenvalue weighted by Gasteiger charge is -2.12. The Morgan fingerprint density at radius 3 is 2.67 bits per heavy atom. The van der Waals surface area contributed by atoms with Crippen LogP contribution in [0.3, 0.4) is 0 Å². The summed E-state index contributed by atoms with van der Waals surface area (Å²) in [5.41, 5.74) is 0. The topological polar surface area (TPSA) is 24.7 Å². The zero-order valence-corrected chi connectivity index (χ0v) is 5.91. The van der Waals surface area contributed by atoms with Crippen LogP contribution in [0.1, 0.15) is 13.8 Å². The van der Waals surface area contributed by atoms with Crippen LogP contribution in [0.5, 0.6) is 0 Å². The molecule has 2 nitrogen and oxygen atoms in total. The van der Waals surface area contributed by atoms with Crippen LogP contribution >= 0.6 is 0 Å². The number of aliphatic imine (C=N–C) groups is 2. The van der Waals surface area contributed by atoms with E-state index in [9.17, 15) is 0 Å². The fourth-order valence-corrected chi connectivity index (χ4v) is 0.768. The summed E-state index contributed by atoms with van der Waals surface area (Å²) >= 11 is 0. The Morgan fingerprint density at radius 1 is 1.56 bits per heavy atom. The number of hydrogen-bond acceptors (Lipinski definition) is 2. The first-order valence-electron chi connectivity index (χ1n) is 3.32. The second kappa shape index (κ2) is 2.76. The summed E-state index contributed by atoms with van der Waals surface area (Å²) in [4.78, 5) is 8.36. The van der Waals surface area contributed by atoms with Crippen LogP contribution in [0.25, 0.3) is 0 Å². The van der Waals surface area contributed by atoms with E-state index in [1.165, 1.54) is 0 Å². The van der Waals surface area contributed by atoms with Crippen LogP contribution < -0.4 is 0 Å². The first kappa shape index (κ1) is 6.46. The van der Waals surface area contributed by atoms with E-state index in [0.29, 0.717) is 12.0 Å². The van der Waals surface area contributed by atoms with E-state index in [2.05, 4.69) is 23.8 Å². The van der Waals surface area contributed by atoms with E-state index in [1.54, 1.807) is 0 Å². The SMILES string of the molecule is CC(C)C1C=NCC=N1. The van der Waals surface area contributed by atoms with E-state index in [4.69, 9.17) is 0 Å². The molecule has 2 heteroatoms. The quantitative estimate of drug-likeness (QED) is 0.501. The predicted molar refractivity (Wildman–Crippen MR) is 40.5 cm³/mol. The van der Waals surface area contributed by atoms with Gasteiger partial charge in [-0.05, 0) is 5.92 Å². The number of hydrogen-bond donors (Lipinski definition) is 0. The first-order chi connectivity index (χ1) is 4.30. The second-order valence-electron chi connectivity index (χ2n) is 2.58. The minimum atomic E-state index is 0.332. The average Bonchev–Trinajstić information content (AvgIpc) is 1.90. The fourth-order valence-electron chi connectivity index (χ4n) is 0.768. The third-order valence-corrected chi connectivity index (χ3v) is 1.41. The van der Waals surface area contributed by atoms with Crippen molar-refractivity contribution in [3.05, 3.63) is 0 Å². The normalized spacial score (nSPS) is 25.4. The number of rotatable bonds is 1. The van der Waals surface area contributed by atoms with Crippen molar-refractivity contribution in [1.29, 1.82) is 0 Å². The van der Waals surface area contributed by atoms with Gasteiger partial charge in [0.1, 0.15) is 0 Å². The Labute approximate surface area is 55.7 Å². The molecule has 1 atom stereocenters. The van der Waals surface area contributed by atoms with Gasteiger partial charge in [0.2, 0.25) is 0 Å². The van der Waals surface area contributed by atoms with Crippen LogP contribution in [0.2, 0.25) is 0 Å². The molecule has 0 saturated carbocycles. The molecule has 1 aliphatic rings. The summed E-state index contributed by atoms with van der Waals surface area (Å²) in [6.45, 7) is 5.07. The van der Waals surface area contributed by atoms with Gasteiger partial charge in [0.15, 0.2) is 0 Å². The van der Waals surface area contributed by atoms with Gasteiger partial charge in [-0.2, -0.15) is 0 Å². The highest BCUT2D eigenvalue weighted by Gasteiger charge is 2.08. The molecule has 0 aromatic heterocycles. The van der Waals surface area contributed by atoms with Crippen molar-refractivity contribution >= 4 is 12.4 Å². The molecule has 0 spiro atoms.